The highest BCUT2D eigenvalue weighted by Crippen LogP contribution is 2.72. The van der Waals surface area contributed by atoms with Crippen molar-refractivity contribution in [1.29, 1.82) is 0 Å². The van der Waals surface area contributed by atoms with Crippen LogP contribution in [0.2, 0.25) is 5.02 Å². The molecule has 7 rings (SSSR count). The molecule has 10 heteroatoms. The van der Waals surface area contributed by atoms with E-state index in [1.807, 2.05) is 19.1 Å². The zero-order valence-corrected chi connectivity index (χ0v) is 26.6. The second-order valence-corrected chi connectivity index (χ2v) is 14.7. The summed E-state index contributed by atoms with van der Waals surface area (Å²) in [6.45, 7) is 13.4. The minimum absolute atomic E-state index is 0.0275. The summed E-state index contributed by atoms with van der Waals surface area (Å²) in [5.74, 6) is -2.97. The van der Waals surface area contributed by atoms with E-state index in [9.17, 15) is 19.1 Å². The Balaban J connectivity index is 1.37. The molecule has 2 saturated carbocycles. The fourth-order valence-corrected chi connectivity index (χ4v) is 9.23. The Labute approximate surface area is 260 Å². The molecule has 4 aliphatic carbocycles. The van der Waals surface area contributed by atoms with E-state index >= 15 is 0 Å². The molecule has 3 fully saturated rings. The second-order valence-electron chi connectivity index (χ2n) is 14.3. The Morgan fingerprint density at radius 2 is 1.93 bits per heavy atom. The number of nitrogens with zero attached hydrogens (tertiary/aromatic N) is 1. The molecule has 2 heterocycles. The van der Waals surface area contributed by atoms with Crippen LogP contribution in [0.5, 0.6) is 0 Å². The average Bonchev–Trinajstić information content (AvgIpc) is 3.19. The van der Waals surface area contributed by atoms with E-state index < -0.39 is 46.7 Å². The highest BCUT2D eigenvalue weighted by atomic mass is 35.5. The summed E-state index contributed by atoms with van der Waals surface area (Å²) in [7, 11) is 0. The molecule has 0 radical (unpaired) electrons. The standard InChI is InChI=1S/C34H37ClFNO7/c1-15-13-33-16(2)11-20-25(31(20,4)5)19(27(33)38)12-18-14-41-32(6,7)43-29(18)34(33,40)28(15)42-30(39)23-17(3)44-37-26(23)24-21(35)9-8-10-22(24)36/h8-10,12-13,16,19-20,25,28-29,40H,11,14H2,1-7H3/t16?,19-,20+,25-,28-,29+,33?,34+/m0/s1. The molecule has 1 aliphatic heterocycles. The molecule has 2 aromatic rings. The lowest BCUT2D eigenvalue weighted by Gasteiger charge is -2.52. The normalized spacial score (nSPS) is 37.9. The van der Waals surface area contributed by atoms with Crippen LogP contribution in [0, 0.1) is 47.2 Å². The number of allylic oxidation sites excluding steroid dienone is 1. The van der Waals surface area contributed by atoms with Gasteiger partial charge in [-0.1, -0.05) is 55.7 Å². The number of hydrogen-bond donors (Lipinski definition) is 1. The van der Waals surface area contributed by atoms with E-state index in [0.29, 0.717) is 17.1 Å². The molecule has 234 valence electrons. The van der Waals surface area contributed by atoms with E-state index in [0.717, 1.165) is 6.42 Å². The fraction of sp³-hybridized carbons (Fsp3) is 0.559. The van der Waals surface area contributed by atoms with Crippen molar-refractivity contribution in [3.63, 3.8) is 0 Å². The van der Waals surface area contributed by atoms with Crippen molar-refractivity contribution in [2.24, 2.45) is 34.5 Å². The van der Waals surface area contributed by atoms with Crippen LogP contribution in [-0.4, -0.2) is 52.2 Å². The van der Waals surface area contributed by atoms with Gasteiger partial charge in [-0.3, -0.25) is 4.79 Å². The lowest BCUT2D eigenvalue weighted by atomic mass is 9.59. The maximum Gasteiger partial charge on any atom is 0.344 e. The van der Waals surface area contributed by atoms with Crippen molar-refractivity contribution in [2.75, 3.05) is 6.61 Å². The Morgan fingerprint density at radius 1 is 1.20 bits per heavy atom. The first kappa shape index (κ1) is 29.8. The number of aromatic nitrogens is 1. The summed E-state index contributed by atoms with van der Waals surface area (Å²) in [5.41, 5.74) is -2.55. The number of Topliss-reactive ketones (excluding diaryl/α,β-unsaturated/α-hetero) is 1. The summed E-state index contributed by atoms with van der Waals surface area (Å²) in [6, 6.07) is 4.14. The first-order valence-electron chi connectivity index (χ1n) is 15.2. The Bertz CT molecular complexity index is 1650. The number of benzene rings is 1. The number of aliphatic hydroxyl groups is 1. The largest absolute Gasteiger partial charge is 0.451 e. The van der Waals surface area contributed by atoms with E-state index in [-0.39, 0.29) is 57.2 Å². The molecule has 1 N–H and O–H groups in total. The molecule has 8 nitrogen and oxygen atoms in total. The third kappa shape index (κ3) is 3.76. The maximum atomic E-state index is 15.0. The van der Waals surface area contributed by atoms with E-state index in [1.165, 1.54) is 25.1 Å². The monoisotopic (exact) mass is 625 g/mol. The van der Waals surface area contributed by atoms with Crippen LogP contribution >= 0.6 is 11.6 Å². The zero-order chi connectivity index (χ0) is 31.7. The topological polar surface area (TPSA) is 108 Å². The zero-order valence-electron chi connectivity index (χ0n) is 25.9. The van der Waals surface area contributed by atoms with Gasteiger partial charge in [-0.05, 0) is 80.6 Å². The summed E-state index contributed by atoms with van der Waals surface area (Å²) in [6.07, 6.45) is 2.22. The van der Waals surface area contributed by atoms with Crippen LogP contribution in [0.1, 0.15) is 64.1 Å². The smallest absolute Gasteiger partial charge is 0.344 e. The Hall–Kier alpha value is -2.85. The predicted molar refractivity (Wildman–Crippen MR) is 158 cm³/mol. The molecule has 1 spiro atoms. The van der Waals surface area contributed by atoms with E-state index in [2.05, 4.69) is 19.0 Å². The van der Waals surface area contributed by atoms with Crippen molar-refractivity contribution in [2.45, 2.75) is 78.5 Å². The summed E-state index contributed by atoms with van der Waals surface area (Å²) < 4.78 is 39.0. The Morgan fingerprint density at radius 3 is 2.64 bits per heavy atom. The molecular formula is C34H37ClFNO7. The number of ether oxygens (including phenoxy) is 3. The fourth-order valence-electron chi connectivity index (χ4n) is 8.97. The number of rotatable bonds is 3. The van der Waals surface area contributed by atoms with Crippen molar-refractivity contribution >= 4 is 23.4 Å². The third-order valence-electron chi connectivity index (χ3n) is 11.2. The van der Waals surface area contributed by atoms with Gasteiger partial charge in [0, 0.05) is 5.92 Å². The number of halogens is 2. The molecule has 44 heavy (non-hydrogen) atoms. The molecule has 8 atom stereocenters. The van der Waals surface area contributed by atoms with Crippen molar-refractivity contribution in [3.8, 4) is 11.3 Å². The Kier molecular flexibility index (Phi) is 6.34. The van der Waals surface area contributed by atoms with Gasteiger partial charge in [-0.25, -0.2) is 9.18 Å². The molecule has 2 bridgehead atoms. The van der Waals surface area contributed by atoms with E-state index in [1.54, 1.807) is 20.8 Å². The van der Waals surface area contributed by atoms with Gasteiger partial charge in [0.1, 0.15) is 28.9 Å². The average molecular weight is 626 g/mol. The van der Waals surface area contributed by atoms with Gasteiger partial charge in [-0.15, -0.1) is 0 Å². The number of carbonyl (C=O) groups is 2. The first-order chi connectivity index (χ1) is 20.6. The molecule has 0 amide bonds. The molecule has 1 saturated heterocycles. The van der Waals surface area contributed by atoms with Crippen LogP contribution in [0.3, 0.4) is 0 Å². The first-order valence-corrected chi connectivity index (χ1v) is 15.5. The van der Waals surface area contributed by atoms with Crippen LogP contribution in [0.4, 0.5) is 4.39 Å². The number of fused-ring (bicyclic) bond motifs is 5. The van der Waals surface area contributed by atoms with Crippen LogP contribution in [0.25, 0.3) is 11.3 Å². The lowest BCUT2D eigenvalue weighted by Crippen LogP contribution is -2.68. The van der Waals surface area contributed by atoms with Crippen LogP contribution in [-0.2, 0) is 19.0 Å². The van der Waals surface area contributed by atoms with Crippen LogP contribution < -0.4 is 0 Å². The highest BCUT2D eigenvalue weighted by Gasteiger charge is 2.77. The van der Waals surface area contributed by atoms with Gasteiger partial charge in [-0.2, -0.15) is 0 Å². The van der Waals surface area contributed by atoms with Gasteiger partial charge in [0.15, 0.2) is 23.3 Å². The number of ketones is 1. The number of aryl methyl sites for hydroxylation is 1. The highest BCUT2D eigenvalue weighted by molar-refractivity contribution is 6.33. The van der Waals surface area contributed by atoms with Crippen molar-refractivity contribution < 1.29 is 37.8 Å². The number of hydrogen-bond acceptors (Lipinski definition) is 8. The van der Waals surface area contributed by atoms with Crippen LogP contribution in [0.15, 0.2) is 46.0 Å². The van der Waals surface area contributed by atoms with Crippen molar-refractivity contribution in [3.05, 3.63) is 63.7 Å². The number of esters is 1. The quantitative estimate of drug-likeness (QED) is 0.316. The predicted octanol–water partition coefficient (Wildman–Crippen LogP) is 6.23. The minimum Gasteiger partial charge on any atom is -0.451 e. The van der Waals surface area contributed by atoms with Crippen molar-refractivity contribution in [1.82, 2.24) is 5.16 Å². The van der Waals surface area contributed by atoms with Gasteiger partial charge >= 0.3 is 5.97 Å². The van der Waals surface area contributed by atoms with Gasteiger partial charge < -0.3 is 23.8 Å². The number of carbonyl (C=O) groups excluding carboxylic acids is 2. The maximum absolute atomic E-state index is 15.0. The minimum atomic E-state index is -1.99. The summed E-state index contributed by atoms with van der Waals surface area (Å²) in [5, 5.41) is 17.2. The summed E-state index contributed by atoms with van der Waals surface area (Å²) in [4.78, 5) is 29.0. The molecular weight excluding hydrogens is 589 g/mol. The lowest BCUT2D eigenvalue weighted by molar-refractivity contribution is -0.302. The molecule has 5 aliphatic rings. The van der Waals surface area contributed by atoms with E-state index in [4.69, 9.17) is 30.3 Å². The molecule has 1 aromatic heterocycles. The SMILES string of the molecule is CC1=CC23C(=O)[C@@H](C=C4COC(C)(C)O[C@H]4[C@]2(O)[C@H]1OC(=O)c1c(-c2c(F)cccc2Cl)noc1C)[C@H]1[C@@H](CC3C)C1(C)C. The van der Waals surface area contributed by atoms with Gasteiger partial charge in [0.2, 0.25) is 0 Å². The molecule has 1 aromatic carbocycles. The molecule has 2 unspecified atom stereocenters. The second kappa shape index (κ2) is 9.34. The van der Waals surface area contributed by atoms with Gasteiger partial charge in [0.05, 0.1) is 22.6 Å². The van der Waals surface area contributed by atoms with Gasteiger partial charge in [0.25, 0.3) is 0 Å². The summed E-state index contributed by atoms with van der Waals surface area (Å²) >= 11 is 6.32. The third-order valence-corrected chi connectivity index (χ3v) is 11.5.